The Bertz CT molecular complexity index is 713. The second-order valence-electron chi connectivity index (χ2n) is 5.95. The quantitative estimate of drug-likeness (QED) is 0.857. The second kappa shape index (κ2) is 8.23. The number of hydrogen-bond donors (Lipinski definition) is 1. The van der Waals surface area contributed by atoms with Crippen molar-refractivity contribution in [1.82, 2.24) is 4.90 Å². The molecule has 25 heavy (non-hydrogen) atoms. The van der Waals surface area contributed by atoms with Crippen LogP contribution in [0.15, 0.2) is 48.5 Å². The second-order valence-corrected chi connectivity index (χ2v) is 6.39. The minimum atomic E-state index is -0.966. The topological polar surface area (TPSA) is 53.0 Å². The van der Waals surface area contributed by atoms with E-state index in [2.05, 4.69) is 9.80 Å². The van der Waals surface area contributed by atoms with Crippen molar-refractivity contribution in [3.05, 3.63) is 59.1 Å². The van der Waals surface area contributed by atoms with Gasteiger partial charge in [-0.15, -0.1) is 0 Å². The van der Waals surface area contributed by atoms with Gasteiger partial charge in [0.15, 0.2) is 0 Å². The first-order valence-electron chi connectivity index (χ1n) is 8.31. The fraction of sp³-hybridized carbons (Fsp3) is 0.316. The monoisotopic (exact) mass is 360 g/mol. The van der Waals surface area contributed by atoms with Crippen LogP contribution < -0.4 is 9.64 Å². The molecule has 2 aromatic carbocycles. The average Bonchev–Trinajstić information content (AvgIpc) is 2.63. The van der Waals surface area contributed by atoms with Crippen molar-refractivity contribution in [2.24, 2.45) is 0 Å². The first kappa shape index (κ1) is 17.6. The lowest BCUT2D eigenvalue weighted by Gasteiger charge is -2.36. The number of nitrogens with zero attached hydrogens (tertiary/aromatic N) is 2. The van der Waals surface area contributed by atoms with Gasteiger partial charge in [0.2, 0.25) is 0 Å². The summed E-state index contributed by atoms with van der Waals surface area (Å²) in [4.78, 5) is 15.8. The molecule has 2 aromatic rings. The molecule has 0 aromatic heterocycles. The van der Waals surface area contributed by atoms with Crippen LogP contribution in [-0.2, 0) is 0 Å². The van der Waals surface area contributed by atoms with Gasteiger partial charge in [0.25, 0.3) is 0 Å². The lowest BCUT2D eigenvalue weighted by molar-refractivity contribution is 0.0691. The molecule has 1 fully saturated rings. The molecule has 1 aliphatic heterocycles. The van der Waals surface area contributed by atoms with Gasteiger partial charge in [0, 0.05) is 43.4 Å². The van der Waals surface area contributed by atoms with Crippen molar-refractivity contribution in [2.75, 3.05) is 44.2 Å². The molecule has 0 unspecified atom stereocenters. The molecule has 132 valence electrons. The van der Waals surface area contributed by atoms with Gasteiger partial charge in [0.05, 0.1) is 0 Å². The average molecular weight is 361 g/mol. The highest BCUT2D eigenvalue weighted by Crippen LogP contribution is 2.20. The summed E-state index contributed by atoms with van der Waals surface area (Å²) in [6.45, 7) is 5.06. The Hall–Kier alpha value is -2.24. The van der Waals surface area contributed by atoms with E-state index < -0.39 is 5.97 Å². The summed E-state index contributed by atoms with van der Waals surface area (Å²) in [6.07, 6.45) is 0. The van der Waals surface area contributed by atoms with Crippen molar-refractivity contribution in [2.45, 2.75) is 0 Å². The maximum absolute atomic E-state index is 11.2. The molecule has 0 radical (unpaired) electrons. The number of benzene rings is 2. The minimum absolute atomic E-state index is 0.204. The molecule has 0 atom stereocenters. The summed E-state index contributed by atoms with van der Waals surface area (Å²) < 4.78 is 5.68. The molecule has 1 N–H and O–H groups in total. The number of hydrogen-bond acceptors (Lipinski definition) is 4. The van der Waals surface area contributed by atoms with Gasteiger partial charge < -0.3 is 14.7 Å². The standard InChI is InChI=1S/C19H21ClN2O3/c20-15-5-7-16(8-6-15)22-11-9-21(10-12-22)13-14-25-18-4-2-1-3-17(18)19(23)24/h1-8H,9-14H2,(H,23,24). The van der Waals surface area contributed by atoms with Crippen molar-refractivity contribution in [1.29, 1.82) is 0 Å². The number of carboxylic acid groups (broad SMARTS) is 1. The van der Waals surface area contributed by atoms with Crippen LogP contribution in [0.3, 0.4) is 0 Å². The SMILES string of the molecule is O=C(O)c1ccccc1OCCN1CCN(c2ccc(Cl)cc2)CC1. The summed E-state index contributed by atoms with van der Waals surface area (Å²) >= 11 is 5.93. The number of aromatic carboxylic acids is 1. The molecule has 5 nitrogen and oxygen atoms in total. The highest BCUT2D eigenvalue weighted by atomic mass is 35.5. The largest absolute Gasteiger partial charge is 0.491 e. The van der Waals surface area contributed by atoms with E-state index in [1.54, 1.807) is 24.3 Å². The van der Waals surface area contributed by atoms with E-state index in [4.69, 9.17) is 21.4 Å². The zero-order valence-electron chi connectivity index (χ0n) is 13.9. The zero-order valence-corrected chi connectivity index (χ0v) is 14.7. The predicted molar refractivity (Wildman–Crippen MR) is 99.0 cm³/mol. The summed E-state index contributed by atoms with van der Waals surface area (Å²) in [6, 6.07) is 14.7. The Morgan fingerprint density at radius 1 is 1.04 bits per heavy atom. The summed E-state index contributed by atoms with van der Waals surface area (Å²) in [5.74, 6) is -0.540. The fourth-order valence-electron chi connectivity index (χ4n) is 2.94. The number of rotatable bonds is 6. The lowest BCUT2D eigenvalue weighted by Crippen LogP contribution is -2.47. The predicted octanol–water partition coefficient (Wildman–Crippen LogP) is 3.24. The van der Waals surface area contributed by atoms with Crippen LogP contribution in [0.5, 0.6) is 5.75 Å². The van der Waals surface area contributed by atoms with E-state index in [9.17, 15) is 4.79 Å². The van der Waals surface area contributed by atoms with Gasteiger partial charge >= 0.3 is 5.97 Å². The van der Waals surface area contributed by atoms with Crippen LogP contribution in [0.2, 0.25) is 5.02 Å². The van der Waals surface area contributed by atoms with Crippen LogP contribution in [0.4, 0.5) is 5.69 Å². The molecule has 0 saturated carbocycles. The molecule has 1 heterocycles. The van der Waals surface area contributed by atoms with Crippen molar-refractivity contribution in [3.8, 4) is 5.75 Å². The number of ether oxygens (including phenoxy) is 1. The summed E-state index contributed by atoms with van der Waals surface area (Å²) in [5, 5.41) is 9.92. The van der Waals surface area contributed by atoms with Gasteiger partial charge in [-0.2, -0.15) is 0 Å². The molecule has 0 bridgehead atoms. The molecular weight excluding hydrogens is 340 g/mol. The number of anilines is 1. The molecule has 0 aliphatic carbocycles. The molecule has 0 spiro atoms. The smallest absolute Gasteiger partial charge is 0.339 e. The third-order valence-electron chi connectivity index (χ3n) is 4.35. The van der Waals surface area contributed by atoms with Crippen LogP contribution in [-0.4, -0.2) is 55.3 Å². The molecule has 1 saturated heterocycles. The molecule has 0 amide bonds. The van der Waals surface area contributed by atoms with Crippen LogP contribution in [0.1, 0.15) is 10.4 Å². The van der Waals surface area contributed by atoms with E-state index in [-0.39, 0.29) is 5.56 Å². The minimum Gasteiger partial charge on any atom is -0.491 e. The number of carboxylic acids is 1. The normalized spacial score (nSPS) is 15.2. The highest BCUT2D eigenvalue weighted by molar-refractivity contribution is 6.30. The summed E-state index contributed by atoms with van der Waals surface area (Å²) in [5.41, 5.74) is 1.39. The molecular formula is C19H21ClN2O3. The Kier molecular flexibility index (Phi) is 5.79. The first-order chi connectivity index (χ1) is 12.1. The van der Waals surface area contributed by atoms with Gasteiger partial charge in [-0.25, -0.2) is 4.79 Å². The van der Waals surface area contributed by atoms with Crippen molar-refractivity contribution >= 4 is 23.3 Å². The van der Waals surface area contributed by atoms with Crippen LogP contribution >= 0.6 is 11.6 Å². The Morgan fingerprint density at radius 3 is 2.40 bits per heavy atom. The van der Waals surface area contributed by atoms with Gasteiger partial charge in [-0.1, -0.05) is 23.7 Å². The number of para-hydroxylation sites is 1. The number of halogens is 1. The van der Waals surface area contributed by atoms with E-state index in [1.165, 1.54) is 5.69 Å². The Morgan fingerprint density at radius 2 is 1.72 bits per heavy atom. The summed E-state index contributed by atoms with van der Waals surface area (Å²) in [7, 11) is 0. The molecule has 6 heteroatoms. The van der Waals surface area contributed by atoms with E-state index in [1.807, 2.05) is 24.3 Å². The lowest BCUT2D eigenvalue weighted by atomic mass is 10.2. The van der Waals surface area contributed by atoms with Gasteiger partial charge in [-0.3, -0.25) is 4.90 Å². The van der Waals surface area contributed by atoms with Crippen LogP contribution in [0, 0.1) is 0 Å². The van der Waals surface area contributed by atoms with Crippen molar-refractivity contribution < 1.29 is 14.6 Å². The maximum atomic E-state index is 11.2. The zero-order chi connectivity index (χ0) is 17.6. The van der Waals surface area contributed by atoms with Gasteiger partial charge in [0.1, 0.15) is 17.9 Å². The van der Waals surface area contributed by atoms with E-state index >= 15 is 0 Å². The third kappa shape index (κ3) is 4.65. The number of carbonyl (C=O) groups is 1. The van der Waals surface area contributed by atoms with Crippen molar-refractivity contribution in [3.63, 3.8) is 0 Å². The number of piperazine rings is 1. The van der Waals surface area contributed by atoms with E-state index in [0.717, 1.165) is 37.7 Å². The third-order valence-corrected chi connectivity index (χ3v) is 4.60. The van der Waals surface area contributed by atoms with Gasteiger partial charge in [-0.05, 0) is 36.4 Å². The molecule has 1 aliphatic rings. The van der Waals surface area contributed by atoms with E-state index in [0.29, 0.717) is 12.4 Å². The highest BCUT2D eigenvalue weighted by Gasteiger charge is 2.17. The fourth-order valence-corrected chi connectivity index (χ4v) is 3.06. The Balaban J connectivity index is 1.45. The molecule has 3 rings (SSSR count). The first-order valence-corrected chi connectivity index (χ1v) is 8.69. The Labute approximate surface area is 152 Å². The maximum Gasteiger partial charge on any atom is 0.339 e. The van der Waals surface area contributed by atoms with Crippen LogP contribution in [0.25, 0.3) is 0 Å².